The second-order valence-corrected chi connectivity index (χ2v) is 7.73. The highest BCUT2D eigenvalue weighted by molar-refractivity contribution is 7.92. The molecule has 0 saturated carbocycles. The Morgan fingerprint density at radius 3 is 2.31 bits per heavy atom. The largest absolute Gasteiger partial charge is 0.573 e. The lowest BCUT2D eigenvalue weighted by Gasteiger charge is -2.22. The van der Waals surface area contributed by atoms with Gasteiger partial charge in [-0.1, -0.05) is 6.07 Å². The van der Waals surface area contributed by atoms with E-state index in [1.807, 2.05) is 0 Å². The van der Waals surface area contributed by atoms with Crippen LogP contribution < -0.4 is 19.1 Å². The zero-order valence-corrected chi connectivity index (χ0v) is 16.4. The Labute approximate surface area is 166 Å². The molecule has 1 N–H and O–H groups in total. The highest BCUT2D eigenvalue weighted by Crippen LogP contribution is 2.25. The standard InChI is InChI=1S/C18H19F3N2O5S/c1-3-27-16-6-4-5-14(11-16)23(29(2,25)26)12-17(24)22-13-7-9-15(10-8-13)28-18(19,20)21/h4-11H,3,12H2,1-2H3,(H,22,24). The lowest BCUT2D eigenvalue weighted by Crippen LogP contribution is -2.37. The Hall–Kier alpha value is -2.95. The molecule has 0 bridgehead atoms. The van der Waals surface area contributed by atoms with E-state index in [9.17, 15) is 26.4 Å². The molecule has 0 saturated heterocycles. The maximum Gasteiger partial charge on any atom is 0.573 e. The predicted molar refractivity (Wildman–Crippen MR) is 102 cm³/mol. The van der Waals surface area contributed by atoms with Crippen LogP contribution in [0.2, 0.25) is 0 Å². The molecule has 0 aliphatic rings. The van der Waals surface area contributed by atoms with Crippen LogP contribution in [0.1, 0.15) is 6.92 Å². The lowest BCUT2D eigenvalue weighted by atomic mass is 10.3. The minimum Gasteiger partial charge on any atom is -0.494 e. The Balaban J connectivity index is 2.12. The average Bonchev–Trinajstić information content (AvgIpc) is 2.60. The molecule has 0 radical (unpaired) electrons. The summed E-state index contributed by atoms with van der Waals surface area (Å²) in [5, 5.41) is 2.43. The Bertz CT molecular complexity index is 947. The maximum atomic E-state index is 12.3. The first-order chi connectivity index (χ1) is 13.5. The number of carbonyl (C=O) groups excluding carboxylic acids is 1. The van der Waals surface area contributed by atoms with E-state index in [0.29, 0.717) is 12.4 Å². The fraction of sp³-hybridized carbons (Fsp3) is 0.278. The van der Waals surface area contributed by atoms with Gasteiger partial charge in [-0.15, -0.1) is 13.2 Å². The number of benzene rings is 2. The van der Waals surface area contributed by atoms with Crippen molar-refractivity contribution in [2.24, 2.45) is 0 Å². The van der Waals surface area contributed by atoms with Crippen LogP contribution in [0, 0.1) is 0 Å². The third kappa shape index (κ3) is 7.18. The third-order valence-corrected chi connectivity index (χ3v) is 4.62. The van der Waals surface area contributed by atoms with Crippen LogP contribution in [0.15, 0.2) is 48.5 Å². The predicted octanol–water partition coefficient (Wildman–Crippen LogP) is 3.39. The van der Waals surface area contributed by atoms with Crippen molar-refractivity contribution in [3.05, 3.63) is 48.5 Å². The van der Waals surface area contributed by atoms with E-state index in [1.165, 1.54) is 24.3 Å². The zero-order chi connectivity index (χ0) is 21.7. The van der Waals surface area contributed by atoms with Gasteiger partial charge in [-0.3, -0.25) is 9.10 Å². The van der Waals surface area contributed by atoms with E-state index in [0.717, 1.165) is 22.7 Å². The van der Waals surface area contributed by atoms with Gasteiger partial charge in [0.2, 0.25) is 15.9 Å². The Kier molecular flexibility index (Phi) is 6.96. The number of nitrogens with one attached hydrogen (secondary N) is 1. The molecule has 0 fully saturated rings. The fourth-order valence-electron chi connectivity index (χ4n) is 2.37. The summed E-state index contributed by atoms with van der Waals surface area (Å²) in [5.74, 6) is -0.679. The Morgan fingerprint density at radius 2 is 1.76 bits per heavy atom. The number of nitrogens with zero attached hydrogens (tertiary/aromatic N) is 1. The van der Waals surface area contributed by atoms with Crippen molar-refractivity contribution in [3.8, 4) is 11.5 Å². The second-order valence-electron chi connectivity index (χ2n) is 5.82. The molecule has 29 heavy (non-hydrogen) atoms. The van der Waals surface area contributed by atoms with Crippen LogP contribution in [0.3, 0.4) is 0 Å². The van der Waals surface area contributed by atoms with Crippen molar-refractivity contribution in [2.75, 3.05) is 29.0 Å². The molecular weight excluding hydrogens is 413 g/mol. The number of hydrogen-bond donors (Lipinski definition) is 1. The van der Waals surface area contributed by atoms with E-state index < -0.39 is 34.6 Å². The molecule has 7 nitrogen and oxygen atoms in total. The van der Waals surface area contributed by atoms with Crippen LogP contribution >= 0.6 is 0 Å². The van der Waals surface area contributed by atoms with Crippen molar-refractivity contribution >= 4 is 27.3 Å². The molecule has 2 aromatic carbocycles. The first kappa shape index (κ1) is 22.3. The monoisotopic (exact) mass is 432 g/mol. The van der Waals surface area contributed by atoms with Gasteiger partial charge in [0.15, 0.2) is 0 Å². The van der Waals surface area contributed by atoms with Gasteiger partial charge in [-0.05, 0) is 43.3 Å². The molecule has 0 heterocycles. The molecule has 0 aromatic heterocycles. The van der Waals surface area contributed by atoms with Crippen molar-refractivity contribution in [1.29, 1.82) is 0 Å². The van der Waals surface area contributed by atoms with E-state index in [-0.39, 0.29) is 11.4 Å². The summed E-state index contributed by atoms with van der Waals surface area (Å²) in [5.41, 5.74) is 0.420. The van der Waals surface area contributed by atoms with Crippen molar-refractivity contribution in [2.45, 2.75) is 13.3 Å². The molecule has 1 amide bonds. The number of ether oxygens (including phenoxy) is 2. The number of hydrogen-bond acceptors (Lipinski definition) is 5. The van der Waals surface area contributed by atoms with Gasteiger partial charge in [0.25, 0.3) is 0 Å². The van der Waals surface area contributed by atoms with Crippen LogP contribution in [-0.4, -0.2) is 40.1 Å². The third-order valence-electron chi connectivity index (χ3n) is 3.48. The molecule has 0 aliphatic carbocycles. The number of sulfonamides is 1. The summed E-state index contributed by atoms with van der Waals surface area (Å²) >= 11 is 0. The molecule has 0 aliphatic heterocycles. The molecule has 11 heteroatoms. The summed E-state index contributed by atoms with van der Waals surface area (Å²) in [6.45, 7) is 1.63. The first-order valence-electron chi connectivity index (χ1n) is 8.34. The summed E-state index contributed by atoms with van der Waals surface area (Å²) in [6.07, 6.45) is -3.87. The molecule has 0 atom stereocenters. The average molecular weight is 432 g/mol. The van der Waals surface area contributed by atoms with Crippen LogP contribution in [0.4, 0.5) is 24.5 Å². The first-order valence-corrected chi connectivity index (χ1v) is 10.2. The quantitative estimate of drug-likeness (QED) is 0.691. The van der Waals surface area contributed by atoms with Crippen molar-refractivity contribution in [1.82, 2.24) is 0 Å². The zero-order valence-electron chi connectivity index (χ0n) is 15.6. The van der Waals surface area contributed by atoms with E-state index in [1.54, 1.807) is 19.1 Å². The number of anilines is 2. The van der Waals surface area contributed by atoms with Gasteiger partial charge in [-0.25, -0.2) is 8.42 Å². The minimum absolute atomic E-state index is 0.182. The van der Waals surface area contributed by atoms with Gasteiger partial charge in [0.05, 0.1) is 18.6 Å². The molecule has 0 spiro atoms. The minimum atomic E-state index is -4.82. The highest BCUT2D eigenvalue weighted by Gasteiger charge is 2.31. The van der Waals surface area contributed by atoms with Gasteiger partial charge < -0.3 is 14.8 Å². The molecule has 0 unspecified atom stereocenters. The number of halogens is 3. The molecule has 2 aromatic rings. The second kappa shape index (κ2) is 9.03. The van der Waals surface area contributed by atoms with E-state index >= 15 is 0 Å². The van der Waals surface area contributed by atoms with Gasteiger partial charge in [0, 0.05) is 11.8 Å². The van der Waals surface area contributed by atoms with E-state index in [4.69, 9.17) is 4.74 Å². The topological polar surface area (TPSA) is 84.9 Å². The smallest absolute Gasteiger partial charge is 0.494 e. The maximum absolute atomic E-state index is 12.3. The number of alkyl halides is 3. The summed E-state index contributed by atoms with van der Waals surface area (Å²) in [7, 11) is -3.79. The number of carbonyl (C=O) groups is 1. The van der Waals surface area contributed by atoms with Crippen LogP contribution in [-0.2, 0) is 14.8 Å². The van der Waals surface area contributed by atoms with Gasteiger partial charge in [-0.2, -0.15) is 0 Å². The van der Waals surface area contributed by atoms with Crippen molar-refractivity contribution < 1.29 is 35.9 Å². The highest BCUT2D eigenvalue weighted by atomic mass is 32.2. The fourth-order valence-corrected chi connectivity index (χ4v) is 3.21. The van der Waals surface area contributed by atoms with Gasteiger partial charge >= 0.3 is 6.36 Å². The van der Waals surface area contributed by atoms with E-state index in [2.05, 4.69) is 10.1 Å². The molecular formula is C18H19F3N2O5S. The van der Waals surface area contributed by atoms with Crippen LogP contribution in [0.25, 0.3) is 0 Å². The summed E-state index contributed by atoms with van der Waals surface area (Å²) in [4.78, 5) is 12.3. The summed E-state index contributed by atoms with van der Waals surface area (Å²) in [6, 6.07) is 10.7. The molecule has 2 rings (SSSR count). The molecule has 158 valence electrons. The number of amides is 1. The van der Waals surface area contributed by atoms with Crippen molar-refractivity contribution in [3.63, 3.8) is 0 Å². The SMILES string of the molecule is CCOc1cccc(N(CC(=O)Nc2ccc(OC(F)(F)F)cc2)S(C)(=O)=O)c1. The normalized spacial score (nSPS) is 11.6. The Morgan fingerprint density at radius 1 is 1.10 bits per heavy atom. The summed E-state index contributed by atoms with van der Waals surface area (Å²) < 4.78 is 70.8. The lowest BCUT2D eigenvalue weighted by molar-refractivity contribution is -0.274. The van der Waals surface area contributed by atoms with Gasteiger partial charge in [0.1, 0.15) is 18.0 Å². The van der Waals surface area contributed by atoms with Crippen LogP contribution in [0.5, 0.6) is 11.5 Å². The number of rotatable bonds is 8.